The number of hydrogen-bond acceptors (Lipinski definition) is 5. The van der Waals surface area contributed by atoms with E-state index < -0.39 is 0 Å². The molecule has 6 nitrogen and oxygen atoms in total. The summed E-state index contributed by atoms with van der Waals surface area (Å²) in [6.07, 6.45) is 9.40. The molecule has 0 saturated carbocycles. The molecule has 1 atom stereocenters. The topological polar surface area (TPSA) is 60.9 Å². The van der Waals surface area contributed by atoms with E-state index in [-0.39, 0.29) is 0 Å². The highest BCUT2D eigenvalue weighted by Gasteiger charge is 2.25. The van der Waals surface area contributed by atoms with Crippen molar-refractivity contribution in [3.8, 4) is 0 Å². The first-order chi connectivity index (χ1) is 10.2. The van der Waals surface area contributed by atoms with Crippen molar-refractivity contribution in [2.45, 2.75) is 31.8 Å². The van der Waals surface area contributed by atoms with Gasteiger partial charge in [0.2, 0.25) is 5.95 Å². The molecule has 1 aliphatic heterocycles. The summed E-state index contributed by atoms with van der Waals surface area (Å²) in [5.74, 6) is 0.752. The van der Waals surface area contributed by atoms with Crippen LogP contribution >= 0.6 is 0 Å². The highest BCUT2D eigenvalue weighted by molar-refractivity contribution is 5.26. The molecule has 0 aromatic carbocycles. The standard InChI is InChI=1S/C15H22N6/c1-20(2)15-16-9-12(10-17-15)11-21-8-4-3-5-14(21)13-6-7-18-19-13/h6-7,9-10,14H,3-5,8,11H2,1-2H3,(H,18,19)/t14-/m1/s1. The van der Waals surface area contributed by atoms with Gasteiger partial charge in [-0.25, -0.2) is 9.97 Å². The smallest absolute Gasteiger partial charge is 0.224 e. The van der Waals surface area contributed by atoms with E-state index in [4.69, 9.17) is 0 Å². The molecule has 0 unspecified atom stereocenters. The van der Waals surface area contributed by atoms with E-state index in [1.807, 2.05) is 37.6 Å². The monoisotopic (exact) mass is 286 g/mol. The molecule has 1 N–H and O–H groups in total. The van der Waals surface area contributed by atoms with E-state index in [0.29, 0.717) is 6.04 Å². The van der Waals surface area contributed by atoms with Gasteiger partial charge in [-0.1, -0.05) is 6.42 Å². The Labute approximate surface area is 125 Å². The number of nitrogens with one attached hydrogen (secondary N) is 1. The lowest BCUT2D eigenvalue weighted by Crippen LogP contribution is -2.33. The van der Waals surface area contributed by atoms with Crippen molar-refractivity contribution in [3.63, 3.8) is 0 Å². The Hall–Kier alpha value is -1.95. The van der Waals surface area contributed by atoms with Gasteiger partial charge in [0.15, 0.2) is 0 Å². The number of hydrogen-bond donors (Lipinski definition) is 1. The fourth-order valence-corrected chi connectivity index (χ4v) is 2.88. The summed E-state index contributed by atoms with van der Waals surface area (Å²) in [4.78, 5) is 13.2. The summed E-state index contributed by atoms with van der Waals surface area (Å²) in [6, 6.07) is 2.50. The summed E-state index contributed by atoms with van der Waals surface area (Å²) in [6.45, 7) is 2.00. The third-order valence-electron chi connectivity index (χ3n) is 3.97. The SMILES string of the molecule is CN(C)c1ncc(CN2CCCC[C@@H]2c2ccn[nH]2)cn1. The molecule has 3 rings (SSSR count). The second-order valence-electron chi connectivity index (χ2n) is 5.78. The summed E-state index contributed by atoms with van der Waals surface area (Å²) in [7, 11) is 3.90. The first-order valence-corrected chi connectivity index (χ1v) is 7.45. The Morgan fingerprint density at radius 1 is 1.29 bits per heavy atom. The van der Waals surface area contributed by atoms with E-state index in [9.17, 15) is 0 Å². The third-order valence-corrected chi connectivity index (χ3v) is 3.97. The van der Waals surface area contributed by atoms with Crippen molar-refractivity contribution in [1.82, 2.24) is 25.1 Å². The molecule has 0 aliphatic carbocycles. The highest BCUT2D eigenvalue weighted by Crippen LogP contribution is 2.30. The van der Waals surface area contributed by atoms with Crippen LogP contribution in [0, 0.1) is 0 Å². The Kier molecular flexibility index (Phi) is 4.15. The molecule has 0 bridgehead atoms. The van der Waals surface area contributed by atoms with Crippen molar-refractivity contribution in [2.75, 3.05) is 25.5 Å². The highest BCUT2D eigenvalue weighted by atomic mass is 15.2. The molecule has 3 heterocycles. The van der Waals surface area contributed by atoms with Gasteiger partial charge in [0.1, 0.15) is 0 Å². The molecular weight excluding hydrogens is 264 g/mol. The molecule has 21 heavy (non-hydrogen) atoms. The molecule has 6 heteroatoms. The minimum absolute atomic E-state index is 0.426. The van der Waals surface area contributed by atoms with E-state index in [1.165, 1.54) is 25.0 Å². The maximum absolute atomic E-state index is 4.40. The number of aromatic nitrogens is 4. The van der Waals surface area contributed by atoms with Crippen LogP contribution in [0.1, 0.15) is 36.6 Å². The van der Waals surface area contributed by atoms with Crippen LogP contribution in [-0.4, -0.2) is 45.7 Å². The molecule has 2 aromatic rings. The summed E-state index contributed by atoms with van der Waals surface area (Å²) in [5, 5.41) is 7.21. The molecule has 1 aliphatic rings. The van der Waals surface area contributed by atoms with Crippen molar-refractivity contribution < 1.29 is 0 Å². The van der Waals surface area contributed by atoms with E-state index in [2.05, 4.69) is 31.1 Å². The fraction of sp³-hybridized carbons (Fsp3) is 0.533. The number of piperidine rings is 1. The Morgan fingerprint density at radius 2 is 2.10 bits per heavy atom. The number of rotatable bonds is 4. The second kappa shape index (κ2) is 6.22. The van der Waals surface area contributed by atoms with Gasteiger partial charge in [-0.3, -0.25) is 10.00 Å². The minimum Gasteiger partial charge on any atom is -0.347 e. The van der Waals surface area contributed by atoms with E-state index in [0.717, 1.165) is 24.6 Å². The Bertz CT molecular complexity index is 548. The largest absolute Gasteiger partial charge is 0.347 e. The first-order valence-electron chi connectivity index (χ1n) is 7.45. The van der Waals surface area contributed by atoms with Gasteiger partial charge >= 0.3 is 0 Å². The van der Waals surface area contributed by atoms with E-state index in [1.54, 1.807) is 0 Å². The fourth-order valence-electron chi connectivity index (χ4n) is 2.88. The van der Waals surface area contributed by atoms with E-state index >= 15 is 0 Å². The Morgan fingerprint density at radius 3 is 2.76 bits per heavy atom. The zero-order valence-electron chi connectivity index (χ0n) is 12.7. The average molecular weight is 286 g/mol. The number of nitrogens with zero attached hydrogens (tertiary/aromatic N) is 5. The number of H-pyrrole nitrogens is 1. The molecule has 1 fully saturated rings. The van der Waals surface area contributed by atoms with Gasteiger partial charge in [0.05, 0.1) is 11.7 Å². The predicted octanol–water partition coefficient (Wildman–Crippen LogP) is 1.99. The van der Waals surface area contributed by atoms with Crippen LogP contribution < -0.4 is 4.90 Å². The van der Waals surface area contributed by atoms with Gasteiger partial charge in [-0.2, -0.15) is 5.10 Å². The summed E-state index contributed by atoms with van der Waals surface area (Å²) >= 11 is 0. The van der Waals surface area contributed by atoms with Crippen LogP contribution in [0.25, 0.3) is 0 Å². The zero-order valence-corrected chi connectivity index (χ0v) is 12.7. The van der Waals surface area contributed by atoms with Crippen LogP contribution in [0.3, 0.4) is 0 Å². The summed E-state index contributed by atoms with van der Waals surface area (Å²) < 4.78 is 0. The lowest BCUT2D eigenvalue weighted by molar-refractivity contribution is 0.137. The first kappa shape index (κ1) is 14.0. The molecular formula is C15H22N6. The number of likely N-dealkylation sites (tertiary alicyclic amines) is 1. The lowest BCUT2D eigenvalue weighted by atomic mass is 9.99. The Balaban J connectivity index is 1.72. The maximum Gasteiger partial charge on any atom is 0.224 e. The summed E-state index contributed by atoms with van der Waals surface area (Å²) in [5.41, 5.74) is 2.37. The quantitative estimate of drug-likeness (QED) is 0.931. The van der Waals surface area contributed by atoms with Crippen molar-refractivity contribution in [3.05, 3.63) is 35.9 Å². The molecule has 112 valence electrons. The molecule has 0 spiro atoms. The van der Waals surface area contributed by atoms with Crippen LogP contribution in [0.5, 0.6) is 0 Å². The molecule has 0 amide bonds. The van der Waals surface area contributed by atoms with Crippen molar-refractivity contribution >= 4 is 5.95 Å². The maximum atomic E-state index is 4.40. The van der Waals surface area contributed by atoms with Gasteiger partial charge in [-0.15, -0.1) is 0 Å². The van der Waals surface area contributed by atoms with Crippen molar-refractivity contribution in [1.29, 1.82) is 0 Å². The zero-order chi connectivity index (χ0) is 14.7. The van der Waals surface area contributed by atoms with Crippen LogP contribution in [0.15, 0.2) is 24.7 Å². The van der Waals surface area contributed by atoms with Gasteiger partial charge in [-0.05, 0) is 25.5 Å². The second-order valence-corrected chi connectivity index (χ2v) is 5.78. The van der Waals surface area contributed by atoms with Gasteiger partial charge < -0.3 is 4.90 Å². The van der Waals surface area contributed by atoms with Crippen LogP contribution in [0.4, 0.5) is 5.95 Å². The molecule has 0 radical (unpaired) electrons. The third kappa shape index (κ3) is 3.21. The van der Waals surface area contributed by atoms with Crippen LogP contribution in [-0.2, 0) is 6.54 Å². The van der Waals surface area contributed by atoms with Gasteiger partial charge in [0, 0.05) is 44.8 Å². The predicted molar refractivity (Wildman–Crippen MR) is 81.9 cm³/mol. The minimum atomic E-state index is 0.426. The van der Waals surface area contributed by atoms with Crippen LogP contribution in [0.2, 0.25) is 0 Å². The number of anilines is 1. The van der Waals surface area contributed by atoms with Gasteiger partial charge in [0.25, 0.3) is 0 Å². The molecule has 2 aromatic heterocycles. The molecule has 1 saturated heterocycles. The number of aromatic amines is 1. The normalized spacial score (nSPS) is 19.6. The average Bonchev–Trinajstić information content (AvgIpc) is 3.02. The lowest BCUT2D eigenvalue weighted by Gasteiger charge is -2.34. The van der Waals surface area contributed by atoms with Crippen molar-refractivity contribution in [2.24, 2.45) is 0 Å².